The van der Waals surface area contributed by atoms with Crippen LogP contribution in [0, 0.1) is 20.2 Å². The Kier molecular flexibility index (Phi) is 4.68. The molecule has 1 heterocycles. The molecule has 0 aliphatic rings. The van der Waals surface area contributed by atoms with E-state index in [2.05, 4.69) is 4.98 Å². The maximum absolute atomic E-state index is 11.5. The number of nitrogens with zero attached hydrogens (tertiary/aromatic N) is 2. The first-order valence-electron chi connectivity index (χ1n) is 6.80. The summed E-state index contributed by atoms with van der Waals surface area (Å²) in [4.78, 5) is 47.2. The summed E-state index contributed by atoms with van der Waals surface area (Å²) in [5.74, 6) is 0. The second-order valence-corrected chi connectivity index (χ2v) is 4.76. The Morgan fingerprint density at radius 2 is 1.79 bits per heavy atom. The summed E-state index contributed by atoms with van der Waals surface area (Å²) < 4.78 is 0. The first-order valence-corrected chi connectivity index (χ1v) is 6.80. The predicted molar refractivity (Wildman–Crippen MR) is 85.7 cm³/mol. The second kappa shape index (κ2) is 6.69. The third-order valence-corrected chi connectivity index (χ3v) is 3.26. The maximum Gasteiger partial charge on any atom is 0.357 e. The van der Waals surface area contributed by atoms with E-state index in [0.717, 1.165) is 6.08 Å². The number of nitro benzene ring substituents is 1. The molecule has 2 N–H and O–H groups in total. The zero-order chi connectivity index (χ0) is 17.9. The fourth-order valence-electron chi connectivity index (χ4n) is 2.13. The highest BCUT2D eigenvalue weighted by molar-refractivity contribution is 5.72. The third-order valence-electron chi connectivity index (χ3n) is 3.26. The lowest BCUT2D eigenvalue weighted by Crippen LogP contribution is -2.25. The van der Waals surface area contributed by atoms with Crippen LogP contribution in [0.3, 0.4) is 0 Å². The van der Waals surface area contributed by atoms with Gasteiger partial charge in [0.05, 0.1) is 9.85 Å². The van der Waals surface area contributed by atoms with Gasteiger partial charge in [-0.05, 0) is 18.1 Å². The highest BCUT2D eigenvalue weighted by atomic mass is 16.6. The van der Waals surface area contributed by atoms with Crippen molar-refractivity contribution in [2.75, 3.05) is 0 Å². The minimum atomic E-state index is -1.13. The van der Waals surface area contributed by atoms with E-state index in [0.29, 0.717) is 17.5 Å². The average molecular weight is 332 g/mol. The van der Waals surface area contributed by atoms with Crippen LogP contribution in [-0.4, -0.2) is 19.8 Å². The number of nitro groups is 2. The zero-order valence-electron chi connectivity index (χ0n) is 12.4. The van der Waals surface area contributed by atoms with Crippen LogP contribution in [-0.2, 0) is 6.42 Å². The quantitative estimate of drug-likeness (QED) is 0.626. The van der Waals surface area contributed by atoms with Crippen LogP contribution in [0.5, 0.6) is 0 Å². The fraction of sp³-hybridized carbons (Fsp3) is 0.143. The third kappa shape index (κ3) is 3.43. The van der Waals surface area contributed by atoms with E-state index in [1.165, 1.54) is 12.1 Å². The van der Waals surface area contributed by atoms with E-state index in [4.69, 9.17) is 0 Å². The Morgan fingerprint density at radius 1 is 1.08 bits per heavy atom. The standard InChI is InChI=1S/C14H12N4O6/c1-2-9-5-3-8(7-11(9)17(21)22)4-6-10-12(18(23)24)13(19)16-14(20)15-10/h3-7H,2H2,1H3,(H2,15,16,19,20). The molecule has 24 heavy (non-hydrogen) atoms. The number of H-pyrrole nitrogens is 2. The summed E-state index contributed by atoms with van der Waals surface area (Å²) in [5.41, 5.74) is -2.26. The van der Waals surface area contributed by atoms with Gasteiger partial charge in [0.15, 0.2) is 0 Å². The highest BCUT2D eigenvalue weighted by Crippen LogP contribution is 2.22. The topological polar surface area (TPSA) is 152 Å². The molecule has 0 radical (unpaired) electrons. The molecule has 0 aliphatic heterocycles. The molecule has 1 aromatic carbocycles. The fourth-order valence-corrected chi connectivity index (χ4v) is 2.13. The lowest BCUT2D eigenvalue weighted by molar-refractivity contribution is -0.386. The monoisotopic (exact) mass is 332 g/mol. The molecule has 0 amide bonds. The van der Waals surface area contributed by atoms with Crippen molar-refractivity contribution in [1.29, 1.82) is 0 Å². The first kappa shape index (κ1) is 16.8. The number of hydrogen-bond acceptors (Lipinski definition) is 6. The van der Waals surface area contributed by atoms with Crippen LogP contribution in [0.15, 0.2) is 27.8 Å². The molecule has 124 valence electrons. The number of rotatable bonds is 5. The summed E-state index contributed by atoms with van der Waals surface area (Å²) in [6, 6.07) is 4.48. The lowest BCUT2D eigenvalue weighted by Gasteiger charge is -2.01. The summed E-state index contributed by atoms with van der Waals surface area (Å²) >= 11 is 0. The first-order chi connectivity index (χ1) is 11.3. The predicted octanol–water partition coefficient (Wildman–Crippen LogP) is 1.61. The molecule has 0 spiro atoms. The van der Waals surface area contributed by atoms with Crippen molar-refractivity contribution >= 4 is 23.5 Å². The average Bonchev–Trinajstić information content (AvgIpc) is 2.51. The summed E-state index contributed by atoms with van der Waals surface area (Å²) in [5, 5.41) is 22.0. The highest BCUT2D eigenvalue weighted by Gasteiger charge is 2.19. The van der Waals surface area contributed by atoms with Crippen LogP contribution in [0.4, 0.5) is 11.4 Å². The number of aryl methyl sites for hydroxylation is 1. The molecule has 2 rings (SSSR count). The molecule has 0 bridgehead atoms. The summed E-state index contributed by atoms with van der Waals surface area (Å²) in [7, 11) is 0. The van der Waals surface area contributed by atoms with Crippen molar-refractivity contribution in [3.63, 3.8) is 0 Å². The van der Waals surface area contributed by atoms with Gasteiger partial charge < -0.3 is 4.98 Å². The van der Waals surface area contributed by atoms with Crippen LogP contribution < -0.4 is 11.2 Å². The van der Waals surface area contributed by atoms with Crippen molar-refractivity contribution in [2.24, 2.45) is 0 Å². The SMILES string of the molecule is CCc1ccc(C=Cc2[nH]c(=O)[nH]c(=O)c2[N+](=O)[O-])cc1[N+](=O)[O-]. The minimum Gasteiger partial charge on any atom is -0.301 e. The van der Waals surface area contributed by atoms with Gasteiger partial charge in [0, 0.05) is 11.6 Å². The molecular weight excluding hydrogens is 320 g/mol. The van der Waals surface area contributed by atoms with Gasteiger partial charge in [0.25, 0.3) is 5.69 Å². The Labute approximate surface area is 133 Å². The van der Waals surface area contributed by atoms with Crippen molar-refractivity contribution in [1.82, 2.24) is 9.97 Å². The molecule has 1 aromatic heterocycles. The molecule has 0 fully saturated rings. The maximum atomic E-state index is 11.5. The van der Waals surface area contributed by atoms with Crippen molar-refractivity contribution in [2.45, 2.75) is 13.3 Å². The van der Waals surface area contributed by atoms with E-state index in [1.807, 2.05) is 0 Å². The van der Waals surface area contributed by atoms with Crippen LogP contribution >= 0.6 is 0 Å². The number of benzene rings is 1. The molecule has 0 aliphatic carbocycles. The van der Waals surface area contributed by atoms with Gasteiger partial charge in [-0.2, -0.15) is 0 Å². The normalized spacial score (nSPS) is 10.9. The van der Waals surface area contributed by atoms with Crippen molar-refractivity contribution in [3.05, 3.63) is 76.1 Å². The van der Waals surface area contributed by atoms with Gasteiger partial charge in [0.1, 0.15) is 5.69 Å². The lowest BCUT2D eigenvalue weighted by atomic mass is 10.1. The second-order valence-electron chi connectivity index (χ2n) is 4.76. The zero-order valence-corrected chi connectivity index (χ0v) is 12.4. The van der Waals surface area contributed by atoms with Gasteiger partial charge in [-0.3, -0.25) is 30.0 Å². The minimum absolute atomic E-state index is 0.0754. The van der Waals surface area contributed by atoms with E-state index in [1.54, 1.807) is 24.0 Å². The molecule has 10 heteroatoms. The molecular formula is C14H12N4O6. The van der Waals surface area contributed by atoms with Crippen molar-refractivity contribution in [3.8, 4) is 0 Å². The van der Waals surface area contributed by atoms with Gasteiger partial charge in [-0.1, -0.05) is 25.1 Å². The van der Waals surface area contributed by atoms with Gasteiger partial charge in [-0.25, -0.2) is 4.79 Å². The molecule has 0 unspecified atom stereocenters. The van der Waals surface area contributed by atoms with Gasteiger partial charge in [-0.15, -0.1) is 0 Å². The Morgan fingerprint density at radius 3 is 2.38 bits per heavy atom. The van der Waals surface area contributed by atoms with E-state index < -0.39 is 26.8 Å². The molecule has 0 atom stereocenters. The molecule has 2 aromatic rings. The number of aromatic nitrogens is 2. The van der Waals surface area contributed by atoms with Gasteiger partial charge in [0.2, 0.25) is 0 Å². The summed E-state index contributed by atoms with van der Waals surface area (Å²) in [6.45, 7) is 1.78. The Bertz CT molecular complexity index is 956. The largest absolute Gasteiger partial charge is 0.357 e. The summed E-state index contributed by atoms with van der Waals surface area (Å²) in [6.07, 6.45) is 2.97. The number of nitrogens with one attached hydrogen (secondary N) is 2. The molecule has 10 nitrogen and oxygen atoms in total. The number of aromatic amines is 2. The number of hydrogen-bond donors (Lipinski definition) is 2. The Balaban J connectivity index is 2.51. The van der Waals surface area contributed by atoms with E-state index >= 15 is 0 Å². The van der Waals surface area contributed by atoms with Crippen LogP contribution in [0.25, 0.3) is 12.2 Å². The van der Waals surface area contributed by atoms with E-state index in [9.17, 15) is 29.8 Å². The van der Waals surface area contributed by atoms with Gasteiger partial charge >= 0.3 is 16.9 Å². The molecule has 0 saturated carbocycles. The van der Waals surface area contributed by atoms with Crippen LogP contribution in [0.1, 0.15) is 23.7 Å². The Hall–Kier alpha value is -3.56. The van der Waals surface area contributed by atoms with Crippen molar-refractivity contribution < 1.29 is 9.85 Å². The smallest absolute Gasteiger partial charge is 0.301 e. The van der Waals surface area contributed by atoms with E-state index in [-0.39, 0.29) is 11.4 Å². The van der Waals surface area contributed by atoms with Crippen LogP contribution in [0.2, 0.25) is 0 Å². The molecule has 0 saturated heterocycles.